The van der Waals surface area contributed by atoms with Gasteiger partial charge in [0.2, 0.25) is 0 Å². The molecule has 0 radical (unpaired) electrons. The molecule has 1 aromatic rings. The third kappa shape index (κ3) is 8.58. The van der Waals surface area contributed by atoms with E-state index in [0.29, 0.717) is 0 Å². The predicted molar refractivity (Wildman–Crippen MR) is 103 cm³/mol. The molecule has 0 bridgehead atoms. The molecule has 1 aliphatic rings. The lowest BCUT2D eigenvalue weighted by Crippen LogP contribution is -2.39. The van der Waals surface area contributed by atoms with Gasteiger partial charge in [-0.05, 0) is 37.2 Å². The molecule has 0 aromatic heterocycles. The molecule has 0 spiro atoms. The van der Waals surface area contributed by atoms with E-state index < -0.39 is 0 Å². The second kappa shape index (κ2) is 11.7. The van der Waals surface area contributed by atoms with Crippen molar-refractivity contribution in [2.75, 3.05) is 33.4 Å². The summed E-state index contributed by atoms with van der Waals surface area (Å²) in [5.74, 6) is 1.77. The Morgan fingerprint density at radius 1 is 1.18 bits per heavy atom. The van der Waals surface area contributed by atoms with Gasteiger partial charge < -0.3 is 15.4 Å². The van der Waals surface area contributed by atoms with Crippen LogP contribution in [0.15, 0.2) is 35.3 Å². The number of hydrogen-bond donors (Lipinski definition) is 2. The Labute approximate surface area is 151 Å². The molecule has 2 N–H and O–H groups in total. The topological polar surface area (TPSA) is 45.7 Å². The molecular weight excluding hydrogens is 389 g/mol. The molecular formula is C17H28IN3O. The molecule has 1 aliphatic carbocycles. The van der Waals surface area contributed by atoms with Crippen molar-refractivity contribution in [3.8, 4) is 0 Å². The maximum absolute atomic E-state index is 5.66. The second-order valence-corrected chi connectivity index (χ2v) is 5.52. The third-order valence-electron chi connectivity index (χ3n) is 3.61. The lowest BCUT2D eigenvalue weighted by atomic mass is 10.2. The van der Waals surface area contributed by atoms with Crippen molar-refractivity contribution in [2.45, 2.75) is 25.7 Å². The minimum absolute atomic E-state index is 0. The number of benzene rings is 1. The van der Waals surface area contributed by atoms with Crippen LogP contribution < -0.4 is 10.6 Å². The van der Waals surface area contributed by atoms with E-state index in [9.17, 15) is 0 Å². The lowest BCUT2D eigenvalue weighted by molar-refractivity contribution is 0.135. The Morgan fingerprint density at radius 2 is 1.95 bits per heavy atom. The number of nitrogens with one attached hydrogen (secondary N) is 2. The van der Waals surface area contributed by atoms with Gasteiger partial charge in [0, 0.05) is 26.7 Å². The number of rotatable bonds is 9. The number of ether oxygens (including phenoxy) is 1. The van der Waals surface area contributed by atoms with Crippen LogP contribution in [-0.2, 0) is 11.2 Å². The number of nitrogens with zero attached hydrogens (tertiary/aromatic N) is 1. The van der Waals surface area contributed by atoms with E-state index in [2.05, 4.69) is 39.9 Å². The smallest absolute Gasteiger partial charge is 0.190 e. The minimum atomic E-state index is 0. The lowest BCUT2D eigenvalue weighted by Gasteiger charge is -2.11. The summed E-state index contributed by atoms with van der Waals surface area (Å²) in [4.78, 5) is 4.22. The number of halogens is 1. The van der Waals surface area contributed by atoms with Gasteiger partial charge in [-0.1, -0.05) is 30.3 Å². The molecule has 22 heavy (non-hydrogen) atoms. The Balaban J connectivity index is 0.00000242. The standard InChI is InChI=1S/C17H27N3O.HI/c1-18-17(20-14-16-8-9-16)19-11-5-12-21-13-10-15-6-3-2-4-7-15;/h2-4,6-7,16H,5,8-14H2,1H3,(H2,18,19,20);1H. The Morgan fingerprint density at radius 3 is 2.64 bits per heavy atom. The second-order valence-electron chi connectivity index (χ2n) is 5.52. The average Bonchev–Trinajstić information content (AvgIpc) is 3.34. The van der Waals surface area contributed by atoms with Gasteiger partial charge >= 0.3 is 0 Å². The first-order valence-electron chi connectivity index (χ1n) is 7.94. The van der Waals surface area contributed by atoms with Gasteiger partial charge in [-0.25, -0.2) is 0 Å². The molecule has 1 fully saturated rings. The van der Waals surface area contributed by atoms with Crippen molar-refractivity contribution in [2.24, 2.45) is 10.9 Å². The molecule has 1 aromatic carbocycles. The van der Waals surface area contributed by atoms with Gasteiger partial charge in [-0.15, -0.1) is 24.0 Å². The molecule has 0 aliphatic heterocycles. The minimum Gasteiger partial charge on any atom is -0.381 e. The van der Waals surface area contributed by atoms with Crippen molar-refractivity contribution in [1.82, 2.24) is 10.6 Å². The number of aliphatic imine (C=N–C) groups is 1. The van der Waals surface area contributed by atoms with E-state index in [-0.39, 0.29) is 24.0 Å². The fraction of sp³-hybridized carbons (Fsp3) is 0.588. The first kappa shape index (κ1) is 19.2. The molecule has 0 unspecified atom stereocenters. The van der Waals surface area contributed by atoms with E-state index in [1.807, 2.05) is 13.1 Å². The van der Waals surface area contributed by atoms with Crippen LogP contribution in [0.4, 0.5) is 0 Å². The zero-order chi connectivity index (χ0) is 14.8. The maximum atomic E-state index is 5.66. The van der Waals surface area contributed by atoms with E-state index in [4.69, 9.17) is 4.74 Å². The van der Waals surface area contributed by atoms with Crippen molar-refractivity contribution in [1.29, 1.82) is 0 Å². The molecule has 4 nitrogen and oxygen atoms in total. The molecule has 0 atom stereocenters. The summed E-state index contributed by atoms with van der Waals surface area (Å²) in [6.07, 6.45) is 4.70. The van der Waals surface area contributed by atoms with Crippen LogP contribution in [-0.4, -0.2) is 39.3 Å². The fourth-order valence-corrected chi connectivity index (χ4v) is 2.10. The Hall–Kier alpha value is -0.820. The first-order valence-corrected chi connectivity index (χ1v) is 7.94. The van der Waals surface area contributed by atoms with E-state index in [1.165, 1.54) is 18.4 Å². The van der Waals surface area contributed by atoms with Gasteiger partial charge in [-0.3, -0.25) is 4.99 Å². The highest BCUT2D eigenvalue weighted by atomic mass is 127. The van der Waals surface area contributed by atoms with Crippen molar-refractivity contribution < 1.29 is 4.74 Å². The van der Waals surface area contributed by atoms with Crippen LogP contribution >= 0.6 is 24.0 Å². The first-order chi connectivity index (χ1) is 10.4. The summed E-state index contributed by atoms with van der Waals surface area (Å²) < 4.78 is 5.66. The summed E-state index contributed by atoms with van der Waals surface area (Å²) in [7, 11) is 1.82. The fourth-order valence-electron chi connectivity index (χ4n) is 2.10. The quantitative estimate of drug-likeness (QED) is 0.281. The largest absolute Gasteiger partial charge is 0.381 e. The molecule has 1 saturated carbocycles. The van der Waals surface area contributed by atoms with Crippen molar-refractivity contribution >= 4 is 29.9 Å². The van der Waals surface area contributed by atoms with Crippen LogP contribution in [0, 0.1) is 5.92 Å². The Kier molecular flexibility index (Phi) is 10.2. The molecule has 124 valence electrons. The van der Waals surface area contributed by atoms with Gasteiger partial charge in [0.1, 0.15) is 0 Å². The van der Waals surface area contributed by atoms with Crippen LogP contribution in [0.25, 0.3) is 0 Å². The van der Waals surface area contributed by atoms with Crippen molar-refractivity contribution in [3.05, 3.63) is 35.9 Å². The summed E-state index contributed by atoms with van der Waals surface area (Å²) in [6.45, 7) is 3.53. The summed E-state index contributed by atoms with van der Waals surface area (Å²) in [5, 5.41) is 6.67. The third-order valence-corrected chi connectivity index (χ3v) is 3.61. The molecule has 0 amide bonds. The van der Waals surface area contributed by atoms with Crippen LogP contribution in [0.1, 0.15) is 24.8 Å². The highest BCUT2D eigenvalue weighted by Crippen LogP contribution is 2.27. The average molecular weight is 417 g/mol. The summed E-state index contributed by atoms with van der Waals surface area (Å²) in [6, 6.07) is 10.5. The van der Waals surface area contributed by atoms with Crippen LogP contribution in [0.2, 0.25) is 0 Å². The number of guanidine groups is 1. The summed E-state index contributed by atoms with van der Waals surface area (Å²) in [5.41, 5.74) is 1.33. The molecule has 0 saturated heterocycles. The van der Waals surface area contributed by atoms with Gasteiger partial charge in [0.25, 0.3) is 0 Å². The van der Waals surface area contributed by atoms with E-state index in [1.54, 1.807) is 0 Å². The SMILES string of the molecule is CN=C(NCCCOCCc1ccccc1)NCC1CC1.I. The maximum Gasteiger partial charge on any atom is 0.190 e. The molecule has 2 rings (SSSR count). The Bertz CT molecular complexity index is 421. The van der Waals surface area contributed by atoms with Crippen LogP contribution in [0.5, 0.6) is 0 Å². The highest BCUT2D eigenvalue weighted by Gasteiger charge is 2.20. The number of hydrogen-bond acceptors (Lipinski definition) is 2. The van der Waals surface area contributed by atoms with Gasteiger partial charge in [0.05, 0.1) is 6.61 Å². The zero-order valence-corrected chi connectivity index (χ0v) is 15.7. The predicted octanol–water partition coefficient (Wildman–Crippen LogP) is 2.83. The highest BCUT2D eigenvalue weighted by molar-refractivity contribution is 14.0. The van der Waals surface area contributed by atoms with E-state index >= 15 is 0 Å². The van der Waals surface area contributed by atoms with E-state index in [0.717, 1.165) is 51.0 Å². The van der Waals surface area contributed by atoms with Gasteiger partial charge in [0.15, 0.2) is 5.96 Å². The molecule has 5 heteroatoms. The summed E-state index contributed by atoms with van der Waals surface area (Å²) >= 11 is 0. The normalized spacial score (nSPS) is 14.3. The van der Waals surface area contributed by atoms with Crippen LogP contribution in [0.3, 0.4) is 0 Å². The van der Waals surface area contributed by atoms with Gasteiger partial charge in [-0.2, -0.15) is 0 Å². The molecule has 0 heterocycles. The zero-order valence-electron chi connectivity index (χ0n) is 13.4. The monoisotopic (exact) mass is 417 g/mol. The van der Waals surface area contributed by atoms with Crippen molar-refractivity contribution in [3.63, 3.8) is 0 Å².